The van der Waals surface area contributed by atoms with Crippen LogP contribution >= 0.6 is 0 Å². The Balaban J connectivity index is 2.35. The van der Waals surface area contributed by atoms with Crippen molar-refractivity contribution in [2.24, 2.45) is 7.05 Å². The first-order chi connectivity index (χ1) is 10.1. The molecular weight excluding hydrogens is 266 g/mol. The van der Waals surface area contributed by atoms with Crippen LogP contribution in [0.2, 0.25) is 0 Å². The molecule has 4 rings (SSSR count). The monoisotopic (exact) mass is 277 g/mol. The summed E-state index contributed by atoms with van der Waals surface area (Å²) in [5.41, 5.74) is 0.782. The molecule has 21 heavy (non-hydrogen) atoms. The van der Waals surface area contributed by atoms with E-state index in [9.17, 15) is 9.59 Å². The van der Waals surface area contributed by atoms with E-state index in [0.29, 0.717) is 11.0 Å². The fourth-order valence-corrected chi connectivity index (χ4v) is 2.79. The van der Waals surface area contributed by atoms with Gasteiger partial charge in [-0.05, 0) is 23.6 Å². The molecule has 0 bridgehead atoms. The zero-order valence-electron chi connectivity index (χ0n) is 11.3. The second-order valence-corrected chi connectivity index (χ2v) is 5.07. The van der Waals surface area contributed by atoms with Gasteiger partial charge in [0.05, 0.1) is 5.52 Å². The van der Waals surface area contributed by atoms with E-state index in [1.807, 2.05) is 30.3 Å². The van der Waals surface area contributed by atoms with E-state index in [0.717, 1.165) is 21.7 Å². The number of hydrogen-bond donors (Lipinski definition) is 0. The van der Waals surface area contributed by atoms with Crippen molar-refractivity contribution in [3.05, 3.63) is 69.3 Å². The highest BCUT2D eigenvalue weighted by molar-refractivity contribution is 6.09. The third kappa shape index (κ3) is 1.62. The molecule has 2 heterocycles. The lowest BCUT2D eigenvalue weighted by Crippen LogP contribution is -2.17. The van der Waals surface area contributed by atoms with E-state index >= 15 is 0 Å². The van der Waals surface area contributed by atoms with E-state index in [-0.39, 0.29) is 5.56 Å². The molecule has 0 spiro atoms. The number of benzene rings is 2. The van der Waals surface area contributed by atoms with Gasteiger partial charge in [-0.15, -0.1) is 0 Å². The van der Waals surface area contributed by atoms with Gasteiger partial charge < -0.3 is 8.98 Å². The Morgan fingerprint density at radius 3 is 2.48 bits per heavy atom. The van der Waals surface area contributed by atoms with Gasteiger partial charge in [0, 0.05) is 35.3 Å². The third-order valence-corrected chi connectivity index (χ3v) is 3.85. The normalized spacial score (nSPS) is 11.5. The predicted molar refractivity (Wildman–Crippen MR) is 82.7 cm³/mol. The summed E-state index contributed by atoms with van der Waals surface area (Å²) < 4.78 is 6.79. The van der Waals surface area contributed by atoms with E-state index in [4.69, 9.17) is 4.42 Å². The average molecular weight is 277 g/mol. The molecule has 0 saturated carbocycles. The molecule has 102 valence electrons. The lowest BCUT2D eigenvalue weighted by molar-refractivity contribution is 0.561. The summed E-state index contributed by atoms with van der Waals surface area (Å²) in [4.78, 5) is 23.8. The topological polar surface area (TPSA) is 52.2 Å². The van der Waals surface area contributed by atoms with Crippen molar-refractivity contribution in [1.29, 1.82) is 0 Å². The largest absolute Gasteiger partial charge is 0.423 e. The minimum absolute atomic E-state index is 0.0595. The van der Waals surface area contributed by atoms with Crippen LogP contribution in [0, 0.1) is 0 Å². The molecule has 0 fully saturated rings. The number of nitrogens with zero attached hydrogens (tertiary/aromatic N) is 1. The Kier molecular flexibility index (Phi) is 2.30. The maximum Gasteiger partial charge on any atom is 0.336 e. The molecule has 4 nitrogen and oxygen atoms in total. The number of fused-ring (bicyclic) bond motifs is 4. The van der Waals surface area contributed by atoms with Crippen molar-refractivity contribution in [1.82, 2.24) is 4.57 Å². The first kappa shape index (κ1) is 11.9. The van der Waals surface area contributed by atoms with Gasteiger partial charge >= 0.3 is 5.63 Å². The zero-order chi connectivity index (χ0) is 14.6. The van der Waals surface area contributed by atoms with Crippen LogP contribution in [0.15, 0.2) is 62.5 Å². The summed E-state index contributed by atoms with van der Waals surface area (Å²) in [6.45, 7) is 0. The molecule has 0 aliphatic rings. The minimum Gasteiger partial charge on any atom is -0.423 e. The van der Waals surface area contributed by atoms with Crippen LogP contribution < -0.4 is 11.2 Å². The SMILES string of the molecule is Cn1c(=O)c2ccccc2c2cc3ccc(=O)oc3cc21. The second-order valence-electron chi connectivity index (χ2n) is 5.07. The molecule has 0 atom stereocenters. The second kappa shape index (κ2) is 4.06. The fourth-order valence-electron chi connectivity index (χ4n) is 2.79. The molecule has 0 aliphatic carbocycles. The lowest BCUT2D eigenvalue weighted by atomic mass is 10.0. The Hall–Kier alpha value is -2.88. The van der Waals surface area contributed by atoms with Gasteiger partial charge in [0.1, 0.15) is 5.58 Å². The van der Waals surface area contributed by atoms with Crippen molar-refractivity contribution in [3.63, 3.8) is 0 Å². The van der Waals surface area contributed by atoms with Crippen LogP contribution in [0.5, 0.6) is 0 Å². The third-order valence-electron chi connectivity index (χ3n) is 3.85. The first-order valence-corrected chi connectivity index (χ1v) is 6.60. The van der Waals surface area contributed by atoms with Crippen LogP contribution in [0.25, 0.3) is 32.6 Å². The van der Waals surface area contributed by atoms with Crippen LogP contribution in [-0.2, 0) is 7.05 Å². The minimum atomic E-state index is -0.396. The summed E-state index contributed by atoms with van der Waals surface area (Å²) in [7, 11) is 1.73. The molecule has 0 N–H and O–H groups in total. The Morgan fingerprint density at radius 2 is 1.67 bits per heavy atom. The molecule has 2 aromatic carbocycles. The zero-order valence-corrected chi connectivity index (χ0v) is 11.3. The van der Waals surface area contributed by atoms with E-state index in [1.54, 1.807) is 23.7 Å². The Bertz CT molecular complexity index is 1140. The summed E-state index contributed by atoms with van der Waals surface area (Å²) in [6, 6.07) is 14.4. The highest BCUT2D eigenvalue weighted by Crippen LogP contribution is 2.26. The summed E-state index contributed by atoms with van der Waals surface area (Å²) in [5, 5.41) is 3.40. The number of aryl methyl sites for hydroxylation is 1. The van der Waals surface area contributed by atoms with Gasteiger partial charge in [-0.2, -0.15) is 0 Å². The van der Waals surface area contributed by atoms with Gasteiger partial charge in [0.25, 0.3) is 5.56 Å². The molecule has 4 heteroatoms. The number of rotatable bonds is 0. The molecule has 0 saturated heterocycles. The van der Waals surface area contributed by atoms with Gasteiger partial charge in [-0.1, -0.05) is 18.2 Å². The lowest BCUT2D eigenvalue weighted by Gasteiger charge is -2.09. The Morgan fingerprint density at radius 1 is 0.905 bits per heavy atom. The number of hydrogen-bond acceptors (Lipinski definition) is 3. The average Bonchev–Trinajstić information content (AvgIpc) is 2.51. The summed E-state index contributed by atoms with van der Waals surface area (Å²) in [6.07, 6.45) is 0. The van der Waals surface area contributed by atoms with Crippen molar-refractivity contribution >= 4 is 32.6 Å². The maximum absolute atomic E-state index is 12.4. The van der Waals surface area contributed by atoms with Crippen LogP contribution in [-0.4, -0.2) is 4.57 Å². The number of pyridine rings is 1. The summed E-state index contributed by atoms with van der Waals surface area (Å²) >= 11 is 0. The maximum atomic E-state index is 12.4. The first-order valence-electron chi connectivity index (χ1n) is 6.60. The van der Waals surface area contributed by atoms with Crippen LogP contribution in [0.1, 0.15) is 0 Å². The highest BCUT2D eigenvalue weighted by Gasteiger charge is 2.10. The van der Waals surface area contributed by atoms with E-state index in [1.165, 1.54) is 6.07 Å². The number of aromatic nitrogens is 1. The van der Waals surface area contributed by atoms with Crippen LogP contribution in [0.4, 0.5) is 0 Å². The molecule has 0 unspecified atom stereocenters. The van der Waals surface area contributed by atoms with Crippen molar-refractivity contribution < 1.29 is 4.42 Å². The molecule has 0 amide bonds. The quantitative estimate of drug-likeness (QED) is 0.282. The standard InChI is InChI=1S/C17H11NO3/c1-18-14-9-15-10(6-7-16(19)21-15)8-13(14)11-4-2-3-5-12(11)17(18)20/h2-9H,1H3. The van der Waals surface area contributed by atoms with Gasteiger partial charge in [-0.3, -0.25) is 4.79 Å². The molecular formula is C17H11NO3. The van der Waals surface area contributed by atoms with Crippen LogP contribution in [0.3, 0.4) is 0 Å². The molecule has 4 aromatic rings. The highest BCUT2D eigenvalue weighted by atomic mass is 16.4. The molecule has 0 aliphatic heterocycles. The smallest absolute Gasteiger partial charge is 0.336 e. The Labute approximate surface area is 118 Å². The van der Waals surface area contributed by atoms with Gasteiger partial charge in [-0.25, -0.2) is 4.79 Å². The van der Waals surface area contributed by atoms with Crippen molar-refractivity contribution in [2.75, 3.05) is 0 Å². The van der Waals surface area contributed by atoms with E-state index in [2.05, 4.69) is 0 Å². The summed E-state index contributed by atoms with van der Waals surface area (Å²) in [5.74, 6) is 0. The molecule has 0 radical (unpaired) electrons. The van der Waals surface area contributed by atoms with E-state index < -0.39 is 5.63 Å². The van der Waals surface area contributed by atoms with Gasteiger partial charge in [0.2, 0.25) is 0 Å². The predicted octanol–water partition coefficient (Wildman–Crippen LogP) is 2.80. The molecule has 2 aromatic heterocycles. The van der Waals surface area contributed by atoms with Gasteiger partial charge in [0.15, 0.2) is 0 Å². The fraction of sp³-hybridized carbons (Fsp3) is 0.0588. The van der Waals surface area contributed by atoms with Crippen molar-refractivity contribution in [3.8, 4) is 0 Å². The van der Waals surface area contributed by atoms with Crippen molar-refractivity contribution in [2.45, 2.75) is 0 Å².